The van der Waals surface area contributed by atoms with Crippen molar-refractivity contribution in [1.29, 1.82) is 0 Å². The molecule has 0 unspecified atom stereocenters. The van der Waals surface area contributed by atoms with Gasteiger partial charge in [-0.2, -0.15) is 0 Å². The lowest BCUT2D eigenvalue weighted by atomic mass is 9.99. The third kappa shape index (κ3) is 3.21. The zero-order valence-electron chi connectivity index (χ0n) is 10.8. The summed E-state index contributed by atoms with van der Waals surface area (Å²) in [4.78, 5) is 12.2. The van der Waals surface area contributed by atoms with Crippen molar-refractivity contribution in [2.75, 3.05) is 0 Å². The van der Waals surface area contributed by atoms with Crippen LogP contribution in [0.15, 0.2) is 36.4 Å². The second kappa shape index (κ2) is 5.54. The number of rotatable bonds is 3. The molecule has 0 spiro atoms. The lowest BCUT2D eigenvalue weighted by Gasteiger charge is -2.07. The van der Waals surface area contributed by atoms with Gasteiger partial charge in [-0.25, -0.2) is 4.39 Å². The van der Waals surface area contributed by atoms with Crippen LogP contribution in [0.4, 0.5) is 4.39 Å². The SMILES string of the molecule is Cc1cc(C)cc(CC(=O)c2c(F)cccc2Cl)c1. The first-order chi connectivity index (χ1) is 8.97. The van der Waals surface area contributed by atoms with Gasteiger partial charge in [-0.05, 0) is 31.5 Å². The zero-order valence-corrected chi connectivity index (χ0v) is 11.6. The largest absolute Gasteiger partial charge is 0.294 e. The minimum Gasteiger partial charge on any atom is -0.294 e. The third-order valence-corrected chi connectivity index (χ3v) is 3.20. The first kappa shape index (κ1) is 13.8. The molecule has 0 aliphatic rings. The standard InChI is InChI=1S/C16H14ClFO/c1-10-6-11(2)8-12(7-10)9-15(19)16-13(17)4-3-5-14(16)18/h3-8H,9H2,1-2H3. The van der Waals surface area contributed by atoms with Crippen molar-refractivity contribution < 1.29 is 9.18 Å². The molecule has 98 valence electrons. The van der Waals surface area contributed by atoms with Gasteiger partial charge in [0.15, 0.2) is 5.78 Å². The maximum atomic E-state index is 13.7. The Kier molecular flexibility index (Phi) is 4.01. The Morgan fingerprint density at radius 1 is 1.16 bits per heavy atom. The fourth-order valence-electron chi connectivity index (χ4n) is 2.21. The summed E-state index contributed by atoms with van der Waals surface area (Å²) >= 11 is 5.89. The van der Waals surface area contributed by atoms with Crippen LogP contribution >= 0.6 is 11.6 Å². The van der Waals surface area contributed by atoms with Gasteiger partial charge in [-0.1, -0.05) is 47.0 Å². The van der Waals surface area contributed by atoms with E-state index < -0.39 is 5.82 Å². The first-order valence-corrected chi connectivity index (χ1v) is 6.39. The van der Waals surface area contributed by atoms with E-state index in [0.717, 1.165) is 16.7 Å². The van der Waals surface area contributed by atoms with Crippen LogP contribution in [0.25, 0.3) is 0 Å². The van der Waals surface area contributed by atoms with Crippen LogP contribution in [0, 0.1) is 19.7 Å². The molecule has 0 amide bonds. The Hall–Kier alpha value is -1.67. The fraction of sp³-hybridized carbons (Fsp3) is 0.188. The highest BCUT2D eigenvalue weighted by atomic mass is 35.5. The number of hydrogen-bond acceptors (Lipinski definition) is 1. The number of aryl methyl sites for hydroxylation is 2. The molecule has 2 aromatic rings. The summed E-state index contributed by atoms with van der Waals surface area (Å²) < 4.78 is 13.7. The van der Waals surface area contributed by atoms with E-state index >= 15 is 0 Å². The van der Waals surface area contributed by atoms with Crippen LogP contribution in [0.2, 0.25) is 5.02 Å². The van der Waals surface area contributed by atoms with Gasteiger partial charge in [0.05, 0.1) is 10.6 Å². The van der Waals surface area contributed by atoms with Gasteiger partial charge < -0.3 is 0 Å². The number of halogens is 2. The molecular formula is C16H14ClFO. The summed E-state index contributed by atoms with van der Waals surface area (Å²) in [5.41, 5.74) is 3.02. The summed E-state index contributed by atoms with van der Waals surface area (Å²) in [6, 6.07) is 10.2. The van der Waals surface area contributed by atoms with E-state index in [4.69, 9.17) is 11.6 Å². The van der Waals surface area contributed by atoms with E-state index in [1.165, 1.54) is 18.2 Å². The molecular weight excluding hydrogens is 263 g/mol. The molecule has 3 heteroatoms. The van der Waals surface area contributed by atoms with Gasteiger partial charge in [0.2, 0.25) is 0 Å². The molecule has 0 saturated carbocycles. The quantitative estimate of drug-likeness (QED) is 0.753. The predicted molar refractivity (Wildman–Crippen MR) is 75.4 cm³/mol. The molecule has 0 radical (unpaired) electrons. The summed E-state index contributed by atoms with van der Waals surface area (Å²) in [6.45, 7) is 3.94. The van der Waals surface area contributed by atoms with Gasteiger partial charge in [0.1, 0.15) is 5.82 Å². The van der Waals surface area contributed by atoms with E-state index in [2.05, 4.69) is 0 Å². The van der Waals surface area contributed by atoms with Crippen LogP contribution in [0.1, 0.15) is 27.0 Å². The molecule has 0 N–H and O–H groups in total. The first-order valence-electron chi connectivity index (χ1n) is 6.02. The molecule has 0 aliphatic carbocycles. The van der Waals surface area contributed by atoms with Crippen molar-refractivity contribution in [1.82, 2.24) is 0 Å². The molecule has 0 saturated heterocycles. The van der Waals surface area contributed by atoms with Crippen LogP contribution < -0.4 is 0 Å². The predicted octanol–water partition coefficient (Wildman–Crippen LogP) is 4.52. The molecule has 19 heavy (non-hydrogen) atoms. The maximum Gasteiger partial charge on any atom is 0.171 e. The van der Waals surface area contributed by atoms with E-state index in [9.17, 15) is 9.18 Å². The number of carbonyl (C=O) groups is 1. The minimum absolute atomic E-state index is 0.0247. The van der Waals surface area contributed by atoms with Gasteiger partial charge in [-0.15, -0.1) is 0 Å². The van der Waals surface area contributed by atoms with Crippen LogP contribution in [0.5, 0.6) is 0 Å². The van der Waals surface area contributed by atoms with Crippen molar-refractivity contribution in [3.05, 3.63) is 69.5 Å². The maximum absolute atomic E-state index is 13.7. The molecule has 2 aromatic carbocycles. The number of hydrogen-bond donors (Lipinski definition) is 0. The van der Waals surface area contributed by atoms with Crippen molar-refractivity contribution >= 4 is 17.4 Å². The lowest BCUT2D eigenvalue weighted by Crippen LogP contribution is -2.07. The van der Waals surface area contributed by atoms with Gasteiger partial charge in [0, 0.05) is 6.42 Å². The average Bonchev–Trinajstić information content (AvgIpc) is 2.26. The summed E-state index contributed by atoms with van der Waals surface area (Å²) in [5, 5.41) is 0.161. The Labute approximate surface area is 117 Å². The lowest BCUT2D eigenvalue weighted by molar-refractivity contribution is 0.0989. The highest BCUT2D eigenvalue weighted by molar-refractivity contribution is 6.34. The molecule has 0 bridgehead atoms. The molecule has 0 fully saturated rings. The molecule has 0 atom stereocenters. The second-order valence-corrected chi connectivity index (χ2v) is 5.10. The summed E-state index contributed by atoms with van der Waals surface area (Å²) in [7, 11) is 0. The summed E-state index contributed by atoms with van der Waals surface area (Å²) in [5.74, 6) is -0.866. The fourth-order valence-corrected chi connectivity index (χ4v) is 2.48. The number of ketones is 1. The Morgan fingerprint density at radius 2 is 1.79 bits per heavy atom. The van der Waals surface area contributed by atoms with Crippen molar-refractivity contribution in [3.63, 3.8) is 0 Å². The minimum atomic E-state index is -0.568. The Balaban J connectivity index is 2.31. The molecule has 2 rings (SSSR count). The van der Waals surface area contributed by atoms with E-state index in [0.29, 0.717) is 0 Å². The summed E-state index contributed by atoms with van der Waals surface area (Å²) in [6.07, 6.45) is 0.156. The smallest absolute Gasteiger partial charge is 0.171 e. The normalized spacial score (nSPS) is 10.5. The molecule has 1 nitrogen and oxygen atoms in total. The second-order valence-electron chi connectivity index (χ2n) is 4.69. The third-order valence-electron chi connectivity index (χ3n) is 2.89. The van der Waals surface area contributed by atoms with Gasteiger partial charge >= 0.3 is 0 Å². The van der Waals surface area contributed by atoms with Gasteiger partial charge in [-0.3, -0.25) is 4.79 Å². The number of benzene rings is 2. The topological polar surface area (TPSA) is 17.1 Å². The van der Waals surface area contributed by atoms with Crippen LogP contribution in [-0.2, 0) is 6.42 Å². The van der Waals surface area contributed by atoms with Crippen molar-refractivity contribution in [3.8, 4) is 0 Å². The monoisotopic (exact) mass is 276 g/mol. The number of Topliss-reactive ketones (excluding diaryl/α,β-unsaturated/α-hetero) is 1. The van der Waals surface area contributed by atoms with Crippen LogP contribution in [0.3, 0.4) is 0 Å². The highest BCUT2D eigenvalue weighted by Gasteiger charge is 2.16. The van der Waals surface area contributed by atoms with E-state index in [1.807, 2.05) is 32.0 Å². The Bertz CT molecular complexity index is 594. The Morgan fingerprint density at radius 3 is 2.37 bits per heavy atom. The molecule has 0 aromatic heterocycles. The van der Waals surface area contributed by atoms with Crippen LogP contribution in [-0.4, -0.2) is 5.78 Å². The zero-order chi connectivity index (χ0) is 14.0. The number of carbonyl (C=O) groups excluding carboxylic acids is 1. The van der Waals surface area contributed by atoms with Gasteiger partial charge in [0.25, 0.3) is 0 Å². The van der Waals surface area contributed by atoms with Crippen molar-refractivity contribution in [2.24, 2.45) is 0 Å². The van der Waals surface area contributed by atoms with Crippen molar-refractivity contribution in [2.45, 2.75) is 20.3 Å². The van der Waals surface area contributed by atoms with E-state index in [1.54, 1.807) is 0 Å². The molecule has 0 heterocycles. The molecule has 0 aliphatic heterocycles. The van der Waals surface area contributed by atoms with E-state index in [-0.39, 0.29) is 22.8 Å². The average molecular weight is 277 g/mol. The highest BCUT2D eigenvalue weighted by Crippen LogP contribution is 2.21.